The van der Waals surface area contributed by atoms with Gasteiger partial charge in [0.05, 0.1) is 18.6 Å². The molecule has 0 rings (SSSR count). The molecule has 0 heterocycles. The third-order valence-corrected chi connectivity index (χ3v) is 1.04. The van der Waals surface area contributed by atoms with Gasteiger partial charge >= 0.3 is 0 Å². The number of nitrogens with zero attached hydrogens (tertiary/aromatic N) is 1. The topological polar surface area (TPSA) is 43.7 Å². The Kier molecular flexibility index (Phi) is 2.61. The lowest BCUT2D eigenvalue weighted by molar-refractivity contribution is 0.166. The standard InChI is InChI=1S/C6H15NO2/c1-2-7(3-5-8)4-6-9/h8-9H,2-6H2,1H3/i5D2,6D2. The molecule has 0 aromatic heterocycles. The molecule has 0 aromatic rings. The van der Waals surface area contributed by atoms with Gasteiger partial charge in [0.25, 0.3) is 0 Å². The first-order valence-corrected chi connectivity index (χ1v) is 2.81. The lowest BCUT2D eigenvalue weighted by Gasteiger charge is -2.16. The quantitative estimate of drug-likeness (QED) is 0.526. The van der Waals surface area contributed by atoms with Crippen molar-refractivity contribution in [2.24, 2.45) is 0 Å². The molecular weight excluding hydrogens is 118 g/mol. The summed E-state index contributed by atoms with van der Waals surface area (Å²) in [7, 11) is 0. The number of likely N-dealkylation sites (N-methyl/N-ethyl adjacent to an activating group) is 1. The van der Waals surface area contributed by atoms with E-state index in [4.69, 9.17) is 15.7 Å². The highest BCUT2D eigenvalue weighted by atomic mass is 16.3. The van der Waals surface area contributed by atoms with E-state index in [9.17, 15) is 0 Å². The molecule has 0 fully saturated rings. The Morgan fingerprint density at radius 1 is 1.33 bits per heavy atom. The minimum atomic E-state index is -2.36. The molecule has 0 aromatic carbocycles. The zero-order valence-electron chi connectivity index (χ0n) is 9.46. The molecule has 9 heavy (non-hydrogen) atoms. The van der Waals surface area contributed by atoms with E-state index in [2.05, 4.69) is 0 Å². The van der Waals surface area contributed by atoms with Crippen LogP contribution in [-0.2, 0) is 0 Å². The summed E-state index contributed by atoms with van der Waals surface area (Å²) in [5.41, 5.74) is 0. The molecule has 3 nitrogen and oxygen atoms in total. The van der Waals surface area contributed by atoms with E-state index in [1.165, 1.54) is 4.90 Å². The van der Waals surface area contributed by atoms with Crippen molar-refractivity contribution in [1.29, 1.82) is 0 Å². The molecule has 0 atom stereocenters. The van der Waals surface area contributed by atoms with E-state index in [0.717, 1.165) is 0 Å². The van der Waals surface area contributed by atoms with Gasteiger partial charge in [0.2, 0.25) is 0 Å². The van der Waals surface area contributed by atoms with Crippen molar-refractivity contribution in [2.45, 2.75) is 6.92 Å². The zero-order chi connectivity index (χ0) is 10.7. The van der Waals surface area contributed by atoms with Crippen molar-refractivity contribution in [3.8, 4) is 0 Å². The number of rotatable bonds is 5. The number of hydrogen-bond donors (Lipinski definition) is 2. The Morgan fingerprint density at radius 2 is 1.78 bits per heavy atom. The van der Waals surface area contributed by atoms with E-state index < -0.39 is 13.1 Å². The molecule has 0 saturated heterocycles. The van der Waals surface area contributed by atoms with Gasteiger partial charge in [-0.1, -0.05) is 6.92 Å². The maximum absolute atomic E-state index is 8.80. The van der Waals surface area contributed by atoms with Crippen LogP contribution in [0.4, 0.5) is 0 Å². The van der Waals surface area contributed by atoms with Gasteiger partial charge < -0.3 is 10.2 Å². The first-order valence-electron chi connectivity index (χ1n) is 4.81. The van der Waals surface area contributed by atoms with Crippen LogP contribution < -0.4 is 0 Å². The first kappa shape index (κ1) is 3.91. The second-order valence-electron chi connectivity index (χ2n) is 1.62. The Bertz CT molecular complexity index is 138. The fraction of sp³-hybridized carbons (Fsp3) is 1.00. The SMILES string of the molecule is [2H]C([2H])(O)CN(CC)CC([2H])([2H])O. The summed E-state index contributed by atoms with van der Waals surface area (Å²) in [6.07, 6.45) is 0. The van der Waals surface area contributed by atoms with Crippen LogP contribution in [0, 0.1) is 0 Å². The minimum absolute atomic E-state index is 0.316. The molecule has 3 heteroatoms. The average molecular weight is 137 g/mol. The Morgan fingerprint density at radius 3 is 2.00 bits per heavy atom. The monoisotopic (exact) mass is 137 g/mol. The molecule has 0 aliphatic rings. The summed E-state index contributed by atoms with van der Waals surface area (Å²) in [6.45, 7) is -3.30. The maximum Gasteiger partial charge on any atom is 0.0577 e. The van der Waals surface area contributed by atoms with Crippen LogP contribution >= 0.6 is 0 Å². The largest absolute Gasteiger partial charge is 0.395 e. The van der Waals surface area contributed by atoms with E-state index in [-0.39, 0.29) is 13.1 Å². The van der Waals surface area contributed by atoms with E-state index in [1.54, 1.807) is 6.92 Å². The van der Waals surface area contributed by atoms with Gasteiger partial charge in [-0.3, -0.25) is 4.90 Å². The van der Waals surface area contributed by atoms with Crippen LogP contribution in [0.1, 0.15) is 12.4 Å². The van der Waals surface area contributed by atoms with Gasteiger partial charge in [-0.15, -0.1) is 0 Å². The summed E-state index contributed by atoms with van der Waals surface area (Å²) < 4.78 is 27.4. The molecular formula is C6H15NO2. The molecule has 0 amide bonds. The van der Waals surface area contributed by atoms with E-state index in [0.29, 0.717) is 6.54 Å². The summed E-state index contributed by atoms with van der Waals surface area (Å²) >= 11 is 0. The van der Waals surface area contributed by atoms with Crippen LogP contribution in [0.5, 0.6) is 0 Å². The predicted octanol–water partition coefficient (Wildman–Crippen LogP) is -0.707. The smallest absolute Gasteiger partial charge is 0.0577 e. The fourth-order valence-corrected chi connectivity index (χ4v) is 0.480. The molecule has 0 saturated carbocycles. The van der Waals surface area contributed by atoms with Crippen LogP contribution in [0.15, 0.2) is 0 Å². The van der Waals surface area contributed by atoms with Crippen molar-refractivity contribution in [1.82, 2.24) is 4.90 Å². The highest BCUT2D eigenvalue weighted by Crippen LogP contribution is 1.83. The van der Waals surface area contributed by atoms with Crippen molar-refractivity contribution in [2.75, 3.05) is 32.8 Å². The summed E-state index contributed by atoms with van der Waals surface area (Å²) in [6, 6.07) is 0. The van der Waals surface area contributed by atoms with Crippen LogP contribution in [-0.4, -0.2) is 47.9 Å². The Balaban J connectivity index is 4.05. The lowest BCUT2D eigenvalue weighted by atomic mass is 10.5. The molecule has 0 radical (unpaired) electrons. The van der Waals surface area contributed by atoms with Gasteiger partial charge in [-0.25, -0.2) is 0 Å². The molecule has 0 spiro atoms. The Hall–Kier alpha value is -0.120. The first-order chi connectivity index (χ1) is 5.64. The van der Waals surface area contributed by atoms with Crippen molar-refractivity contribution >= 4 is 0 Å². The van der Waals surface area contributed by atoms with Gasteiger partial charge in [-0.2, -0.15) is 0 Å². The summed E-state index contributed by atoms with van der Waals surface area (Å²) in [5, 5.41) is 17.6. The fourth-order valence-electron chi connectivity index (χ4n) is 0.480. The van der Waals surface area contributed by atoms with Crippen molar-refractivity contribution in [3.05, 3.63) is 0 Å². The predicted molar refractivity (Wildman–Crippen MR) is 36.3 cm³/mol. The number of hydrogen-bond acceptors (Lipinski definition) is 3. The second kappa shape index (κ2) is 6.01. The van der Waals surface area contributed by atoms with Crippen molar-refractivity contribution < 1.29 is 15.7 Å². The zero-order valence-corrected chi connectivity index (χ0v) is 5.46. The lowest BCUT2D eigenvalue weighted by Crippen LogP contribution is -2.29. The minimum Gasteiger partial charge on any atom is -0.395 e. The van der Waals surface area contributed by atoms with E-state index in [1.807, 2.05) is 0 Å². The molecule has 0 bridgehead atoms. The second-order valence-corrected chi connectivity index (χ2v) is 1.62. The van der Waals surface area contributed by atoms with Gasteiger partial charge in [0.15, 0.2) is 0 Å². The Labute approximate surface area is 61.5 Å². The summed E-state index contributed by atoms with van der Waals surface area (Å²) in [4.78, 5) is 1.29. The third-order valence-electron chi connectivity index (χ3n) is 1.04. The maximum atomic E-state index is 8.80. The average Bonchev–Trinajstić information content (AvgIpc) is 1.79. The summed E-state index contributed by atoms with van der Waals surface area (Å²) in [5.74, 6) is 0. The number of aliphatic hydroxyl groups is 2. The van der Waals surface area contributed by atoms with Crippen molar-refractivity contribution in [3.63, 3.8) is 0 Å². The van der Waals surface area contributed by atoms with Gasteiger partial charge in [0, 0.05) is 13.1 Å². The molecule has 56 valence electrons. The third kappa shape index (κ3) is 4.39. The van der Waals surface area contributed by atoms with Gasteiger partial charge in [0.1, 0.15) is 0 Å². The van der Waals surface area contributed by atoms with Crippen LogP contribution in [0.2, 0.25) is 0 Å². The van der Waals surface area contributed by atoms with E-state index >= 15 is 0 Å². The highest BCUT2D eigenvalue weighted by Gasteiger charge is 1.97. The molecule has 0 aliphatic heterocycles. The molecule has 0 aliphatic carbocycles. The highest BCUT2D eigenvalue weighted by molar-refractivity contribution is 4.51. The molecule has 2 N–H and O–H groups in total. The normalized spacial score (nSPS) is 20.4. The molecule has 0 unspecified atom stereocenters. The van der Waals surface area contributed by atoms with Gasteiger partial charge in [-0.05, 0) is 6.54 Å². The van der Waals surface area contributed by atoms with Crippen LogP contribution in [0.3, 0.4) is 0 Å². The van der Waals surface area contributed by atoms with Crippen LogP contribution in [0.25, 0.3) is 0 Å².